The van der Waals surface area contributed by atoms with Gasteiger partial charge in [-0.3, -0.25) is 0 Å². The van der Waals surface area contributed by atoms with Gasteiger partial charge in [0.15, 0.2) is 6.20 Å². The first-order valence-corrected chi connectivity index (χ1v) is 13.0. The number of fused-ring (bicyclic) bond motifs is 3. The number of ether oxygens (including phenoxy) is 1. The first-order valence-electron chi connectivity index (χ1n) is 13.0. The van der Waals surface area contributed by atoms with Crippen molar-refractivity contribution in [2.45, 2.75) is 39.5 Å². The molecular weight excluding hydrogens is 456 g/mol. The molecule has 0 spiro atoms. The number of aryl methyl sites for hydroxylation is 4. The third kappa shape index (κ3) is 3.91. The predicted molar refractivity (Wildman–Crippen MR) is 147 cm³/mol. The molecule has 0 bridgehead atoms. The fourth-order valence-electron chi connectivity index (χ4n) is 5.86. The van der Waals surface area contributed by atoms with Crippen LogP contribution >= 0.6 is 0 Å². The van der Waals surface area contributed by atoms with E-state index in [-0.39, 0.29) is 0 Å². The van der Waals surface area contributed by atoms with Crippen LogP contribution in [-0.4, -0.2) is 13.2 Å². The van der Waals surface area contributed by atoms with Crippen LogP contribution in [0.15, 0.2) is 65.2 Å². The smallest absolute Gasteiger partial charge is 0.216 e. The van der Waals surface area contributed by atoms with Gasteiger partial charge in [0.2, 0.25) is 5.69 Å². The Morgan fingerprint density at radius 3 is 2.30 bits per heavy atom. The summed E-state index contributed by atoms with van der Waals surface area (Å²) in [4.78, 5) is 0. The highest BCUT2D eigenvalue weighted by molar-refractivity contribution is 6.14. The van der Waals surface area contributed by atoms with Crippen LogP contribution in [0.5, 0.6) is 0 Å². The Bertz CT molecular complexity index is 1720. The van der Waals surface area contributed by atoms with Crippen molar-refractivity contribution in [3.63, 3.8) is 0 Å². The molecule has 2 aromatic heterocycles. The van der Waals surface area contributed by atoms with Crippen molar-refractivity contribution in [2.75, 3.05) is 13.2 Å². The third-order valence-electron chi connectivity index (χ3n) is 7.91. The molecule has 0 N–H and O–H groups in total. The van der Waals surface area contributed by atoms with E-state index in [9.17, 15) is 5.26 Å². The lowest BCUT2D eigenvalue weighted by Crippen LogP contribution is -2.30. The van der Waals surface area contributed by atoms with E-state index in [2.05, 4.69) is 87.1 Å². The fraction of sp³-hybridized carbons (Fsp3) is 0.273. The SMILES string of the molecule is Cc1cc[n+](C)c(-c2c(C)ccc3c2oc2c(-c4ccc(C5CCOCC5)cc4C)c(C#N)ccc23)c1. The maximum absolute atomic E-state index is 10.1. The molecule has 1 saturated heterocycles. The Hall–Kier alpha value is -3.94. The Balaban J connectivity index is 1.60. The Morgan fingerprint density at radius 2 is 1.57 bits per heavy atom. The standard InChI is InChI=1S/C33H31N2O2/c1-20-11-14-35(4)29(17-20)30-21(2)5-8-27-28-10-7-25(19-34)31(33(28)37-32(27)30)26-9-6-24(18-22(26)3)23-12-15-36-16-13-23/h5-11,14,17-18,23H,12-13,15-16H2,1-4H3/q+1. The molecule has 0 saturated carbocycles. The summed E-state index contributed by atoms with van der Waals surface area (Å²) in [5, 5.41) is 12.2. The maximum Gasteiger partial charge on any atom is 0.216 e. The average molecular weight is 488 g/mol. The lowest BCUT2D eigenvalue weighted by molar-refractivity contribution is -0.660. The van der Waals surface area contributed by atoms with Crippen LogP contribution < -0.4 is 4.57 Å². The molecule has 3 heterocycles. The summed E-state index contributed by atoms with van der Waals surface area (Å²) in [7, 11) is 2.07. The number of aromatic nitrogens is 1. The molecule has 5 aromatic rings. The summed E-state index contributed by atoms with van der Waals surface area (Å²) in [6.45, 7) is 8.03. The highest BCUT2D eigenvalue weighted by Crippen LogP contribution is 2.43. The van der Waals surface area contributed by atoms with Crippen molar-refractivity contribution < 1.29 is 13.7 Å². The van der Waals surface area contributed by atoms with Gasteiger partial charge in [0.1, 0.15) is 18.2 Å². The molecule has 1 fully saturated rings. The third-order valence-corrected chi connectivity index (χ3v) is 7.91. The van der Waals surface area contributed by atoms with Gasteiger partial charge in [-0.2, -0.15) is 5.26 Å². The topological polar surface area (TPSA) is 50.0 Å². The lowest BCUT2D eigenvalue weighted by Gasteiger charge is -2.23. The number of hydrogen-bond acceptors (Lipinski definition) is 3. The number of rotatable bonds is 3. The summed E-state index contributed by atoms with van der Waals surface area (Å²) in [6, 6.07) is 21.7. The Kier molecular flexibility index (Phi) is 5.82. The van der Waals surface area contributed by atoms with Crippen LogP contribution in [0.25, 0.3) is 44.3 Å². The van der Waals surface area contributed by atoms with Gasteiger partial charge in [0, 0.05) is 41.7 Å². The largest absolute Gasteiger partial charge is 0.454 e. The first-order chi connectivity index (χ1) is 18.0. The number of hydrogen-bond donors (Lipinski definition) is 0. The second-order valence-electron chi connectivity index (χ2n) is 10.4. The van der Waals surface area contributed by atoms with E-state index >= 15 is 0 Å². The number of pyridine rings is 1. The Labute approximate surface area is 217 Å². The second-order valence-corrected chi connectivity index (χ2v) is 10.4. The van der Waals surface area contributed by atoms with Crippen molar-refractivity contribution >= 4 is 21.9 Å². The van der Waals surface area contributed by atoms with Crippen LogP contribution in [-0.2, 0) is 11.8 Å². The quantitative estimate of drug-likeness (QED) is 0.249. The number of benzene rings is 3. The van der Waals surface area contributed by atoms with Gasteiger partial charge in [0.25, 0.3) is 0 Å². The Morgan fingerprint density at radius 1 is 0.838 bits per heavy atom. The van der Waals surface area contributed by atoms with E-state index in [1.807, 2.05) is 12.1 Å². The summed E-state index contributed by atoms with van der Waals surface area (Å²) < 4.78 is 14.5. The van der Waals surface area contributed by atoms with E-state index in [0.29, 0.717) is 11.5 Å². The molecule has 0 amide bonds. The first kappa shape index (κ1) is 23.5. The minimum atomic E-state index is 0.527. The van der Waals surface area contributed by atoms with Gasteiger partial charge >= 0.3 is 0 Å². The number of nitrogens with zero attached hydrogens (tertiary/aromatic N) is 2. The molecule has 184 valence electrons. The van der Waals surface area contributed by atoms with E-state index in [1.54, 1.807) is 0 Å². The molecule has 1 aliphatic heterocycles. The number of nitriles is 1. The zero-order valence-electron chi connectivity index (χ0n) is 21.9. The van der Waals surface area contributed by atoms with Crippen LogP contribution in [0.3, 0.4) is 0 Å². The van der Waals surface area contributed by atoms with Crippen molar-refractivity contribution in [3.8, 4) is 28.5 Å². The van der Waals surface area contributed by atoms with Crippen molar-refractivity contribution in [1.29, 1.82) is 5.26 Å². The molecule has 0 aliphatic carbocycles. The van der Waals surface area contributed by atoms with Crippen molar-refractivity contribution in [2.24, 2.45) is 7.05 Å². The van der Waals surface area contributed by atoms with Gasteiger partial charge in [0.05, 0.1) is 17.2 Å². The molecule has 4 heteroatoms. The molecule has 37 heavy (non-hydrogen) atoms. The highest BCUT2D eigenvalue weighted by atomic mass is 16.5. The zero-order chi connectivity index (χ0) is 25.7. The second kappa shape index (κ2) is 9.18. The number of furan rings is 1. The van der Waals surface area contributed by atoms with Crippen LogP contribution in [0.4, 0.5) is 0 Å². The molecule has 3 aromatic carbocycles. The highest BCUT2D eigenvalue weighted by Gasteiger charge is 2.24. The van der Waals surface area contributed by atoms with E-state index in [4.69, 9.17) is 9.15 Å². The van der Waals surface area contributed by atoms with Gasteiger partial charge in [-0.05, 0) is 79.5 Å². The maximum atomic E-state index is 10.1. The van der Waals surface area contributed by atoms with Crippen LogP contribution in [0, 0.1) is 32.1 Å². The molecule has 0 unspecified atom stereocenters. The van der Waals surface area contributed by atoms with Gasteiger partial charge in [-0.25, -0.2) is 4.57 Å². The van der Waals surface area contributed by atoms with Gasteiger partial charge in [-0.15, -0.1) is 0 Å². The predicted octanol–water partition coefficient (Wildman–Crippen LogP) is 7.44. The summed E-state index contributed by atoms with van der Waals surface area (Å²) in [5.41, 5.74) is 11.3. The molecule has 4 nitrogen and oxygen atoms in total. The minimum absolute atomic E-state index is 0.527. The van der Waals surface area contributed by atoms with E-state index in [1.165, 1.54) is 11.1 Å². The zero-order valence-corrected chi connectivity index (χ0v) is 21.9. The summed E-state index contributed by atoms with van der Waals surface area (Å²) in [6.07, 6.45) is 4.20. The summed E-state index contributed by atoms with van der Waals surface area (Å²) in [5.74, 6) is 0.527. The van der Waals surface area contributed by atoms with Crippen LogP contribution in [0.2, 0.25) is 0 Å². The summed E-state index contributed by atoms with van der Waals surface area (Å²) >= 11 is 0. The van der Waals surface area contributed by atoms with E-state index in [0.717, 1.165) is 81.5 Å². The van der Waals surface area contributed by atoms with Crippen molar-refractivity contribution in [1.82, 2.24) is 0 Å². The molecular formula is C33H31N2O2+. The normalized spacial score (nSPS) is 14.4. The minimum Gasteiger partial charge on any atom is -0.454 e. The molecule has 6 rings (SSSR count). The molecule has 1 aliphatic rings. The average Bonchev–Trinajstić information content (AvgIpc) is 3.29. The fourth-order valence-corrected chi connectivity index (χ4v) is 5.86. The van der Waals surface area contributed by atoms with Crippen LogP contribution in [0.1, 0.15) is 46.6 Å². The van der Waals surface area contributed by atoms with Crippen molar-refractivity contribution in [3.05, 3.63) is 88.6 Å². The van der Waals surface area contributed by atoms with E-state index < -0.39 is 0 Å². The monoisotopic (exact) mass is 487 g/mol. The molecule has 0 radical (unpaired) electrons. The van der Waals surface area contributed by atoms with Gasteiger partial charge in [-0.1, -0.05) is 30.3 Å². The van der Waals surface area contributed by atoms with Gasteiger partial charge < -0.3 is 9.15 Å². The molecule has 0 atom stereocenters. The lowest BCUT2D eigenvalue weighted by atomic mass is 9.87.